The van der Waals surface area contributed by atoms with E-state index in [4.69, 9.17) is 4.74 Å². The fourth-order valence-corrected chi connectivity index (χ4v) is 3.27. The van der Waals surface area contributed by atoms with Crippen LogP contribution in [0.4, 0.5) is 11.4 Å². The second kappa shape index (κ2) is 8.02. The number of carbonyl (C=O) groups is 1. The van der Waals surface area contributed by atoms with Gasteiger partial charge in [-0.1, -0.05) is 25.1 Å². The van der Waals surface area contributed by atoms with E-state index in [-0.39, 0.29) is 17.3 Å². The molecule has 7 heteroatoms. The van der Waals surface area contributed by atoms with Gasteiger partial charge in [0.05, 0.1) is 24.2 Å². The SMILES string of the molecule is CCc1ccccc1NC(=O)CNc1ccc(OC)cc1S(C)(=O)=O. The first-order valence-electron chi connectivity index (χ1n) is 7.85. The van der Waals surface area contributed by atoms with Crippen LogP contribution in [0.15, 0.2) is 47.4 Å². The average molecular weight is 362 g/mol. The van der Waals surface area contributed by atoms with Gasteiger partial charge in [-0.3, -0.25) is 4.79 Å². The van der Waals surface area contributed by atoms with Crippen molar-refractivity contribution in [2.24, 2.45) is 0 Å². The molecule has 2 N–H and O–H groups in total. The summed E-state index contributed by atoms with van der Waals surface area (Å²) in [5.74, 6) is 0.184. The van der Waals surface area contributed by atoms with Crippen LogP contribution in [0.2, 0.25) is 0 Å². The summed E-state index contributed by atoms with van der Waals surface area (Å²) in [6.45, 7) is 1.96. The van der Waals surface area contributed by atoms with E-state index in [9.17, 15) is 13.2 Å². The summed E-state index contributed by atoms with van der Waals surface area (Å²) in [5, 5.41) is 5.72. The normalized spacial score (nSPS) is 11.0. The van der Waals surface area contributed by atoms with Crippen LogP contribution in [0.3, 0.4) is 0 Å². The van der Waals surface area contributed by atoms with Crippen molar-refractivity contribution in [1.29, 1.82) is 0 Å². The maximum atomic E-state index is 12.2. The highest BCUT2D eigenvalue weighted by Gasteiger charge is 2.15. The second-order valence-corrected chi connectivity index (χ2v) is 7.53. The molecule has 0 fully saturated rings. The number of nitrogens with one attached hydrogen (secondary N) is 2. The first kappa shape index (κ1) is 18.8. The Morgan fingerprint density at radius 3 is 2.48 bits per heavy atom. The monoisotopic (exact) mass is 362 g/mol. The van der Waals surface area contributed by atoms with Crippen molar-refractivity contribution in [1.82, 2.24) is 0 Å². The minimum absolute atomic E-state index is 0.0487. The Hall–Kier alpha value is -2.54. The molecule has 25 heavy (non-hydrogen) atoms. The lowest BCUT2D eigenvalue weighted by molar-refractivity contribution is -0.114. The number of para-hydroxylation sites is 1. The standard InChI is InChI=1S/C18H22N2O4S/c1-4-13-7-5-6-8-15(13)20-18(21)12-19-16-10-9-14(24-2)11-17(16)25(3,22)23/h5-11,19H,4,12H2,1-3H3,(H,20,21). The maximum Gasteiger partial charge on any atom is 0.243 e. The van der Waals surface area contributed by atoms with Gasteiger partial charge in [0.1, 0.15) is 5.75 Å². The molecule has 0 bridgehead atoms. The molecule has 2 rings (SSSR count). The van der Waals surface area contributed by atoms with Gasteiger partial charge in [-0.15, -0.1) is 0 Å². The lowest BCUT2D eigenvalue weighted by Gasteiger charge is -2.13. The molecule has 0 aliphatic rings. The van der Waals surface area contributed by atoms with Crippen LogP contribution >= 0.6 is 0 Å². The molecule has 0 spiro atoms. The van der Waals surface area contributed by atoms with E-state index in [1.54, 1.807) is 12.1 Å². The number of amides is 1. The zero-order valence-corrected chi connectivity index (χ0v) is 15.3. The number of rotatable bonds is 7. The topological polar surface area (TPSA) is 84.5 Å². The molecule has 0 aromatic heterocycles. The number of sulfone groups is 1. The Morgan fingerprint density at radius 1 is 1.12 bits per heavy atom. The Labute approximate surface area is 148 Å². The van der Waals surface area contributed by atoms with Gasteiger partial charge in [0.15, 0.2) is 9.84 Å². The number of anilines is 2. The molecule has 0 unspecified atom stereocenters. The van der Waals surface area contributed by atoms with Gasteiger partial charge in [0.25, 0.3) is 0 Å². The van der Waals surface area contributed by atoms with Crippen molar-refractivity contribution in [3.05, 3.63) is 48.0 Å². The maximum absolute atomic E-state index is 12.2. The van der Waals surface area contributed by atoms with Crippen LogP contribution in [0, 0.1) is 0 Å². The van der Waals surface area contributed by atoms with Gasteiger partial charge in [-0.05, 0) is 30.2 Å². The molecule has 0 saturated heterocycles. The summed E-state index contributed by atoms with van der Waals surface area (Å²) in [5.41, 5.74) is 2.16. The van der Waals surface area contributed by atoms with E-state index in [1.807, 2.05) is 31.2 Å². The van der Waals surface area contributed by atoms with Gasteiger partial charge >= 0.3 is 0 Å². The zero-order valence-electron chi connectivity index (χ0n) is 14.5. The fourth-order valence-electron chi connectivity index (χ4n) is 2.40. The highest BCUT2D eigenvalue weighted by atomic mass is 32.2. The van der Waals surface area contributed by atoms with Crippen LogP contribution in [0.5, 0.6) is 5.75 Å². The average Bonchev–Trinajstić information content (AvgIpc) is 2.59. The quantitative estimate of drug-likeness (QED) is 0.791. The molecule has 6 nitrogen and oxygen atoms in total. The van der Waals surface area contributed by atoms with Crippen LogP contribution in [-0.2, 0) is 21.1 Å². The van der Waals surface area contributed by atoms with Crippen molar-refractivity contribution in [3.63, 3.8) is 0 Å². The predicted molar refractivity (Wildman–Crippen MR) is 99.0 cm³/mol. The third-order valence-corrected chi connectivity index (χ3v) is 4.84. The highest BCUT2D eigenvalue weighted by Crippen LogP contribution is 2.26. The lowest BCUT2D eigenvalue weighted by atomic mass is 10.1. The Morgan fingerprint density at radius 2 is 1.84 bits per heavy atom. The summed E-state index contributed by atoms with van der Waals surface area (Å²) in [6.07, 6.45) is 1.92. The molecule has 134 valence electrons. The molecule has 0 saturated carbocycles. The number of aryl methyl sites for hydroxylation is 1. The third kappa shape index (κ3) is 4.96. The molecule has 0 aliphatic carbocycles. The van der Waals surface area contributed by atoms with Crippen LogP contribution < -0.4 is 15.4 Å². The number of hydrogen-bond acceptors (Lipinski definition) is 5. The highest BCUT2D eigenvalue weighted by molar-refractivity contribution is 7.90. The smallest absolute Gasteiger partial charge is 0.243 e. The van der Waals surface area contributed by atoms with Crippen molar-refractivity contribution >= 4 is 27.1 Å². The minimum Gasteiger partial charge on any atom is -0.497 e. The zero-order chi connectivity index (χ0) is 18.4. The Kier molecular flexibility index (Phi) is 6.03. The number of hydrogen-bond donors (Lipinski definition) is 2. The predicted octanol–water partition coefficient (Wildman–Crippen LogP) is 2.71. The number of methoxy groups -OCH3 is 1. The van der Waals surface area contributed by atoms with Crippen molar-refractivity contribution in [2.45, 2.75) is 18.2 Å². The third-order valence-electron chi connectivity index (χ3n) is 3.70. The molecule has 0 radical (unpaired) electrons. The lowest BCUT2D eigenvalue weighted by Crippen LogP contribution is -2.23. The Bertz CT molecular complexity index is 863. The summed E-state index contributed by atoms with van der Waals surface area (Å²) < 4.78 is 29.0. The van der Waals surface area contributed by atoms with E-state index in [0.29, 0.717) is 11.4 Å². The van der Waals surface area contributed by atoms with Gasteiger partial charge in [-0.2, -0.15) is 0 Å². The molecular weight excluding hydrogens is 340 g/mol. The number of ether oxygens (including phenoxy) is 1. The van der Waals surface area contributed by atoms with Crippen molar-refractivity contribution < 1.29 is 17.9 Å². The molecule has 2 aromatic carbocycles. The summed E-state index contributed by atoms with van der Waals surface area (Å²) in [6, 6.07) is 12.2. The molecule has 0 atom stereocenters. The van der Waals surface area contributed by atoms with Crippen molar-refractivity contribution in [3.8, 4) is 5.75 Å². The molecule has 2 aromatic rings. The molecular formula is C18H22N2O4S. The fraction of sp³-hybridized carbons (Fsp3) is 0.278. The van der Waals surface area contributed by atoms with E-state index in [1.165, 1.54) is 13.2 Å². The minimum atomic E-state index is -3.46. The largest absolute Gasteiger partial charge is 0.497 e. The summed E-state index contributed by atoms with van der Waals surface area (Å²) >= 11 is 0. The van der Waals surface area contributed by atoms with Crippen LogP contribution in [0.1, 0.15) is 12.5 Å². The molecule has 0 aliphatic heterocycles. The van der Waals surface area contributed by atoms with Gasteiger partial charge in [-0.25, -0.2) is 8.42 Å². The van der Waals surface area contributed by atoms with Crippen molar-refractivity contribution in [2.75, 3.05) is 30.5 Å². The van der Waals surface area contributed by atoms with Crippen LogP contribution in [0.25, 0.3) is 0 Å². The Balaban J connectivity index is 2.12. The summed E-state index contributed by atoms with van der Waals surface area (Å²) in [4.78, 5) is 12.3. The second-order valence-electron chi connectivity index (χ2n) is 5.55. The first-order chi connectivity index (χ1) is 11.8. The van der Waals surface area contributed by atoms with E-state index >= 15 is 0 Å². The van der Waals surface area contributed by atoms with Crippen LogP contribution in [-0.4, -0.2) is 34.2 Å². The van der Waals surface area contributed by atoms with E-state index in [0.717, 1.165) is 23.9 Å². The summed E-state index contributed by atoms with van der Waals surface area (Å²) in [7, 11) is -1.99. The molecule has 1 amide bonds. The van der Waals surface area contributed by atoms with Gasteiger partial charge in [0.2, 0.25) is 5.91 Å². The first-order valence-corrected chi connectivity index (χ1v) is 9.74. The number of carbonyl (C=O) groups excluding carboxylic acids is 1. The molecule has 0 heterocycles. The van der Waals surface area contributed by atoms with Gasteiger partial charge in [0, 0.05) is 18.0 Å². The number of benzene rings is 2. The van der Waals surface area contributed by atoms with E-state index in [2.05, 4.69) is 10.6 Å². The van der Waals surface area contributed by atoms with E-state index < -0.39 is 9.84 Å². The van der Waals surface area contributed by atoms with Gasteiger partial charge < -0.3 is 15.4 Å².